The van der Waals surface area contributed by atoms with Gasteiger partial charge in [-0.05, 0) is 6.54 Å². The second-order valence-corrected chi connectivity index (χ2v) is 3.29. The zero-order valence-electron chi connectivity index (χ0n) is 6.89. The predicted octanol–water partition coefficient (Wildman–Crippen LogP) is -1.10. The maximum Gasteiger partial charge on any atom is 0.322 e. The minimum Gasteiger partial charge on any atom is -0.321 e. The molecule has 2 heterocycles. The summed E-state index contributed by atoms with van der Waals surface area (Å²) >= 11 is 0. The molecule has 2 aliphatic heterocycles. The molecular weight excluding hydrogens is 158 g/mol. The Morgan fingerprint density at radius 3 is 2.58 bits per heavy atom. The monoisotopic (exact) mass is 169 g/mol. The summed E-state index contributed by atoms with van der Waals surface area (Å²) in [7, 11) is 0. The number of rotatable bonds is 1. The van der Waals surface area contributed by atoms with Crippen molar-refractivity contribution in [2.24, 2.45) is 0 Å². The number of likely N-dealkylation sites (N-methyl/N-ethyl adjacent to an activating group) is 1. The molecular formula is C7H11N3O2. The van der Waals surface area contributed by atoms with E-state index in [1.165, 1.54) is 0 Å². The lowest BCUT2D eigenvalue weighted by atomic mass is 9.90. The average molecular weight is 169 g/mol. The van der Waals surface area contributed by atoms with Crippen LogP contribution < -0.4 is 10.6 Å². The first-order chi connectivity index (χ1) is 5.66. The smallest absolute Gasteiger partial charge is 0.321 e. The van der Waals surface area contributed by atoms with E-state index < -0.39 is 5.54 Å². The van der Waals surface area contributed by atoms with E-state index in [-0.39, 0.29) is 11.9 Å². The highest BCUT2D eigenvalue weighted by atomic mass is 16.2. The zero-order chi connectivity index (χ0) is 8.77. The first-order valence-electron chi connectivity index (χ1n) is 4.02. The van der Waals surface area contributed by atoms with Crippen LogP contribution in [0.4, 0.5) is 4.79 Å². The van der Waals surface area contributed by atoms with E-state index in [2.05, 4.69) is 15.5 Å². The van der Waals surface area contributed by atoms with Crippen molar-refractivity contribution in [2.45, 2.75) is 12.5 Å². The molecule has 0 saturated carbocycles. The van der Waals surface area contributed by atoms with Crippen LogP contribution in [-0.2, 0) is 4.79 Å². The van der Waals surface area contributed by atoms with Gasteiger partial charge in [0.15, 0.2) is 0 Å². The van der Waals surface area contributed by atoms with Gasteiger partial charge in [-0.15, -0.1) is 0 Å². The Hall–Kier alpha value is -1.10. The second kappa shape index (κ2) is 2.20. The predicted molar refractivity (Wildman–Crippen MR) is 41.5 cm³/mol. The van der Waals surface area contributed by atoms with Gasteiger partial charge in [0.1, 0.15) is 5.54 Å². The van der Waals surface area contributed by atoms with Gasteiger partial charge in [-0.25, -0.2) is 4.79 Å². The maximum atomic E-state index is 11.2. The molecule has 0 atom stereocenters. The number of carbonyl (C=O) groups is 2. The van der Waals surface area contributed by atoms with E-state index in [1.807, 2.05) is 6.92 Å². The molecule has 0 aromatic heterocycles. The number of carbonyl (C=O) groups excluding carboxylic acids is 2. The van der Waals surface area contributed by atoms with Gasteiger partial charge in [-0.1, -0.05) is 6.92 Å². The van der Waals surface area contributed by atoms with E-state index in [0.717, 1.165) is 6.54 Å². The molecule has 0 aliphatic carbocycles. The molecule has 0 aromatic carbocycles. The summed E-state index contributed by atoms with van der Waals surface area (Å²) in [5, 5.41) is 4.88. The summed E-state index contributed by atoms with van der Waals surface area (Å²) in [5.74, 6) is -0.183. The molecule has 2 rings (SSSR count). The van der Waals surface area contributed by atoms with Gasteiger partial charge in [0, 0.05) is 13.1 Å². The SMILES string of the molecule is CCN1CC2(C1)NC(=O)NC2=O. The Morgan fingerprint density at radius 1 is 1.50 bits per heavy atom. The number of hydrogen-bond acceptors (Lipinski definition) is 3. The number of hydrogen-bond donors (Lipinski definition) is 2. The molecule has 0 bridgehead atoms. The van der Waals surface area contributed by atoms with Gasteiger partial charge in [0.2, 0.25) is 0 Å². The lowest BCUT2D eigenvalue weighted by Gasteiger charge is -2.44. The van der Waals surface area contributed by atoms with Crippen molar-refractivity contribution in [3.8, 4) is 0 Å². The minimum absolute atomic E-state index is 0.183. The fourth-order valence-corrected chi connectivity index (χ4v) is 1.69. The first-order valence-corrected chi connectivity index (χ1v) is 4.02. The number of nitrogens with zero attached hydrogens (tertiary/aromatic N) is 1. The maximum absolute atomic E-state index is 11.2. The lowest BCUT2D eigenvalue weighted by Crippen LogP contribution is -2.70. The number of likely N-dealkylation sites (tertiary alicyclic amines) is 1. The molecule has 2 saturated heterocycles. The van der Waals surface area contributed by atoms with E-state index in [1.54, 1.807) is 0 Å². The standard InChI is InChI=1S/C7H11N3O2/c1-2-10-3-7(4-10)5(11)8-6(12)9-7/h2-4H2,1H3,(H2,8,9,11,12). The highest BCUT2D eigenvalue weighted by Gasteiger charge is 2.54. The summed E-state index contributed by atoms with van der Waals surface area (Å²) in [4.78, 5) is 24.1. The molecule has 1 spiro atoms. The third-order valence-electron chi connectivity index (χ3n) is 2.45. The number of nitrogens with one attached hydrogen (secondary N) is 2. The average Bonchev–Trinajstić information content (AvgIpc) is 2.22. The van der Waals surface area contributed by atoms with Gasteiger partial charge >= 0.3 is 6.03 Å². The van der Waals surface area contributed by atoms with Crippen molar-refractivity contribution < 1.29 is 9.59 Å². The summed E-state index contributed by atoms with van der Waals surface area (Å²) in [6.45, 7) is 4.23. The highest BCUT2D eigenvalue weighted by molar-refractivity contribution is 6.08. The van der Waals surface area contributed by atoms with Crippen LogP contribution in [0.5, 0.6) is 0 Å². The van der Waals surface area contributed by atoms with Crippen LogP contribution in [0.1, 0.15) is 6.92 Å². The second-order valence-electron chi connectivity index (χ2n) is 3.29. The molecule has 5 heteroatoms. The third-order valence-corrected chi connectivity index (χ3v) is 2.45. The van der Waals surface area contributed by atoms with Crippen LogP contribution in [0, 0.1) is 0 Å². The topological polar surface area (TPSA) is 61.4 Å². The quantitative estimate of drug-likeness (QED) is 0.490. The van der Waals surface area contributed by atoms with Crippen LogP contribution in [0.2, 0.25) is 0 Å². The molecule has 5 nitrogen and oxygen atoms in total. The summed E-state index contributed by atoms with van der Waals surface area (Å²) in [6.07, 6.45) is 0. The lowest BCUT2D eigenvalue weighted by molar-refractivity contribution is -0.129. The molecule has 66 valence electrons. The molecule has 2 N–H and O–H groups in total. The Balaban J connectivity index is 2.06. The third kappa shape index (κ3) is 0.828. The van der Waals surface area contributed by atoms with Gasteiger partial charge in [-0.3, -0.25) is 15.0 Å². The van der Waals surface area contributed by atoms with Crippen LogP contribution >= 0.6 is 0 Å². The van der Waals surface area contributed by atoms with Gasteiger partial charge in [-0.2, -0.15) is 0 Å². The molecule has 12 heavy (non-hydrogen) atoms. The van der Waals surface area contributed by atoms with Gasteiger partial charge in [0.05, 0.1) is 0 Å². The number of amides is 3. The summed E-state index contributed by atoms with van der Waals surface area (Å²) < 4.78 is 0. The molecule has 0 aromatic rings. The Kier molecular flexibility index (Phi) is 1.38. The zero-order valence-corrected chi connectivity index (χ0v) is 6.89. The molecule has 3 amide bonds. The largest absolute Gasteiger partial charge is 0.322 e. The fourth-order valence-electron chi connectivity index (χ4n) is 1.69. The highest BCUT2D eigenvalue weighted by Crippen LogP contribution is 2.23. The van der Waals surface area contributed by atoms with E-state index in [9.17, 15) is 9.59 Å². The molecule has 0 unspecified atom stereocenters. The molecule has 0 radical (unpaired) electrons. The van der Waals surface area contributed by atoms with Crippen molar-refractivity contribution >= 4 is 11.9 Å². The Bertz CT molecular complexity index is 245. The summed E-state index contributed by atoms with van der Waals surface area (Å²) in [5.41, 5.74) is -0.604. The Morgan fingerprint density at radius 2 is 2.17 bits per heavy atom. The number of imide groups is 1. The fraction of sp³-hybridized carbons (Fsp3) is 0.714. The first kappa shape index (κ1) is 7.54. The van der Waals surface area contributed by atoms with Crippen molar-refractivity contribution in [1.29, 1.82) is 0 Å². The molecule has 2 fully saturated rings. The van der Waals surface area contributed by atoms with Crippen LogP contribution in [0.15, 0.2) is 0 Å². The summed E-state index contributed by atoms with van der Waals surface area (Å²) in [6, 6.07) is -0.365. The van der Waals surface area contributed by atoms with Crippen molar-refractivity contribution in [3.05, 3.63) is 0 Å². The van der Waals surface area contributed by atoms with Crippen LogP contribution in [0.3, 0.4) is 0 Å². The van der Waals surface area contributed by atoms with E-state index >= 15 is 0 Å². The van der Waals surface area contributed by atoms with Crippen LogP contribution in [0.25, 0.3) is 0 Å². The Labute approximate surface area is 70.1 Å². The van der Waals surface area contributed by atoms with Crippen molar-refractivity contribution in [1.82, 2.24) is 15.5 Å². The van der Waals surface area contributed by atoms with Crippen molar-refractivity contribution in [3.63, 3.8) is 0 Å². The normalized spacial score (nSPS) is 26.8. The van der Waals surface area contributed by atoms with E-state index in [0.29, 0.717) is 13.1 Å². The van der Waals surface area contributed by atoms with Crippen LogP contribution in [-0.4, -0.2) is 42.0 Å². The van der Waals surface area contributed by atoms with Gasteiger partial charge < -0.3 is 5.32 Å². The van der Waals surface area contributed by atoms with Gasteiger partial charge in [0.25, 0.3) is 5.91 Å². The van der Waals surface area contributed by atoms with E-state index in [4.69, 9.17) is 0 Å². The number of urea groups is 1. The minimum atomic E-state index is -0.604. The molecule has 2 aliphatic rings. The van der Waals surface area contributed by atoms with Crippen molar-refractivity contribution in [2.75, 3.05) is 19.6 Å².